The molecule has 4 heterocycles. The highest BCUT2D eigenvalue weighted by atomic mass is 19.1. The number of fused-ring (bicyclic) bond motifs is 1. The summed E-state index contributed by atoms with van der Waals surface area (Å²) in [5.41, 5.74) is 2.40. The summed E-state index contributed by atoms with van der Waals surface area (Å²) in [6.07, 6.45) is 3.16. The molecule has 1 aliphatic heterocycles. The second-order valence-corrected chi connectivity index (χ2v) is 9.17. The van der Waals surface area contributed by atoms with E-state index in [9.17, 15) is 13.6 Å². The Balaban J connectivity index is 1.37. The van der Waals surface area contributed by atoms with Crippen molar-refractivity contribution in [1.82, 2.24) is 40.3 Å². The number of piperazine rings is 1. The van der Waals surface area contributed by atoms with Crippen molar-refractivity contribution in [2.75, 3.05) is 51.7 Å². The average Bonchev–Trinajstić information content (AvgIpc) is 3.35. The molecule has 0 spiro atoms. The van der Waals surface area contributed by atoms with Gasteiger partial charge in [0, 0.05) is 58.1 Å². The van der Waals surface area contributed by atoms with Gasteiger partial charge in [-0.15, -0.1) is 0 Å². The van der Waals surface area contributed by atoms with Crippen molar-refractivity contribution >= 4 is 22.9 Å². The summed E-state index contributed by atoms with van der Waals surface area (Å²) in [5, 5.41) is 10.1. The highest BCUT2D eigenvalue weighted by Crippen LogP contribution is 2.30. The molecule has 1 aromatic carbocycles. The fourth-order valence-corrected chi connectivity index (χ4v) is 4.50. The molecule has 0 saturated carbocycles. The molecule has 1 aliphatic rings. The minimum Gasteiger partial charge on any atom is -0.353 e. The van der Waals surface area contributed by atoms with Crippen molar-refractivity contribution in [3.8, 4) is 22.6 Å². The number of pyridine rings is 1. The number of rotatable bonds is 6. The van der Waals surface area contributed by atoms with E-state index < -0.39 is 11.6 Å². The van der Waals surface area contributed by atoms with Crippen LogP contribution in [0.1, 0.15) is 12.5 Å². The van der Waals surface area contributed by atoms with E-state index >= 15 is 0 Å². The molecule has 1 fully saturated rings. The highest BCUT2D eigenvalue weighted by molar-refractivity contribution is 5.90. The first-order chi connectivity index (χ1) is 18.4. The van der Waals surface area contributed by atoms with Crippen molar-refractivity contribution in [1.29, 1.82) is 0 Å². The summed E-state index contributed by atoms with van der Waals surface area (Å²) in [6.45, 7) is 5.58. The predicted molar refractivity (Wildman–Crippen MR) is 141 cm³/mol. The fourth-order valence-electron chi connectivity index (χ4n) is 4.50. The summed E-state index contributed by atoms with van der Waals surface area (Å²) in [4.78, 5) is 31.3. The van der Waals surface area contributed by atoms with Crippen LogP contribution in [0.15, 0.2) is 36.7 Å². The van der Waals surface area contributed by atoms with Gasteiger partial charge >= 0.3 is 6.03 Å². The molecule has 3 aromatic heterocycles. The Morgan fingerprint density at radius 2 is 1.84 bits per heavy atom. The summed E-state index contributed by atoms with van der Waals surface area (Å²) < 4.78 is 29.6. The maximum absolute atomic E-state index is 14.8. The number of urea groups is 1. The lowest BCUT2D eigenvalue weighted by molar-refractivity contribution is 0.161. The molecule has 1 saturated heterocycles. The number of nitrogens with one attached hydrogen (secondary N) is 2. The van der Waals surface area contributed by atoms with Crippen LogP contribution in [0.2, 0.25) is 0 Å². The Kier molecular flexibility index (Phi) is 7.14. The van der Waals surface area contributed by atoms with Gasteiger partial charge in [0.05, 0.1) is 11.8 Å². The van der Waals surface area contributed by atoms with Crippen molar-refractivity contribution in [2.24, 2.45) is 0 Å². The molecule has 198 valence electrons. The van der Waals surface area contributed by atoms with Crippen LogP contribution in [0.25, 0.3) is 33.7 Å². The number of halogens is 2. The maximum atomic E-state index is 14.8. The van der Waals surface area contributed by atoms with Crippen LogP contribution in [0.4, 0.5) is 19.4 Å². The molecule has 38 heavy (non-hydrogen) atoms. The Hall–Kier alpha value is -4.19. The van der Waals surface area contributed by atoms with Gasteiger partial charge in [0.15, 0.2) is 5.82 Å². The first kappa shape index (κ1) is 25.5. The second kappa shape index (κ2) is 10.7. The molecule has 0 bridgehead atoms. The zero-order valence-corrected chi connectivity index (χ0v) is 21.5. The Morgan fingerprint density at radius 3 is 2.47 bits per heavy atom. The fraction of sp³-hybridized carbons (Fsp3) is 0.346. The molecule has 2 amide bonds. The highest BCUT2D eigenvalue weighted by Gasteiger charge is 2.24. The summed E-state index contributed by atoms with van der Waals surface area (Å²) in [6, 6.07) is 6.37. The van der Waals surface area contributed by atoms with Crippen molar-refractivity contribution in [3.05, 3.63) is 53.9 Å². The number of nitrogens with zero attached hydrogens (tertiary/aromatic N) is 7. The van der Waals surface area contributed by atoms with Crippen LogP contribution in [0, 0.1) is 11.6 Å². The van der Waals surface area contributed by atoms with Gasteiger partial charge < -0.3 is 20.0 Å². The standard InChI is InChI=1S/C26H29F2N9O/c1-4-35(3)26(38)37-9-7-36(8-10-37)21-6-5-17(14-30-21)23-24-20(33-34-23)15-31-25(32-24)22-18(27)11-16(13-29-2)12-19(22)28/h5-6,11-12,14-15,29H,4,7-10,13H2,1-3H3,(H,33,34). The topological polar surface area (TPSA) is 106 Å². The van der Waals surface area contributed by atoms with E-state index in [0.717, 1.165) is 5.82 Å². The number of amides is 2. The van der Waals surface area contributed by atoms with E-state index in [-0.39, 0.29) is 17.4 Å². The molecule has 0 atom stereocenters. The molecule has 5 rings (SSSR count). The SMILES string of the molecule is CCN(C)C(=O)N1CCN(c2ccc(-c3n[nH]c4cnc(-c5c(F)cc(CNC)cc5F)nc34)cn2)CC1. The first-order valence-corrected chi connectivity index (χ1v) is 12.4. The van der Waals surface area contributed by atoms with Crippen LogP contribution >= 0.6 is 0 Å². The number of aromatic nitrogens is 5. The van der Waals surface area contributed by atoms with E-state index in [0.29, 0.717) is 67.1 Å². The average molecular weight is 522 g/mol. The van der Waals surface area contributed by atoms with E-state index in [1.165, 1.54) is 18.3 Å². The molecular weight excluding hydrogens is 492 g/mol. The van der Waals surface area contributed by atoms with Gasteiger partial charge in [-0.05, 0) is 43.8 Å². The number of carbonyl (C=O) groups is 1. The van der Waals surface area contributed by atoms with Crippen molar-refractivity contribution in [3.63, 3.8) is 0 Å². The van der Waals surface area contributed by atoms with Crippen molar-refractivity contribution in [2.45, 2.75) is 13.5 Å². The quantitative estimate of drug-likeness (QED) is 0.401. The van der Waals surface area contributed by atoms with E-state index in [2.05, 4.69) is 35.4 Å². The molecule has 0 unspecified atom stereocenters. The first-order valence-electron chi connectivity index (χ1n) is 12.4. The zero-order valence-electron chi connectivity index (χ0n) is 21.5. The van der Waals surface area contributed by atoms with E-state index in [4.69, 9.17) is 0 Å². The summed E-state index contributed by atoms with van der Waals surface area (Å²) >= 11 is 0. The lowest BCUT2D eigenvalue weighted by Crippen LogP contribution is -2.52. The van der Waals surface area contributed by atoms with Crippen LogP contribution in [-0.2, 0) is 6.54 Å². The second-order valence-electron chi connectivity index (χ2n) is 9.17. The molecule has 12 heteroatoms. The largest absolute Gasteiger partial charge is 0.353 e. The van der Waals surface area contributed by atoms with Crippen molar-refractivity contribution < 1.29 is 13.6 Å². The molecule has 2 N–H and O–H groups in total. The van der Waals surface area contributed by atoms with Crippen LogP contribution in [0.5, 0.6) is 0 Å². The summed E-state index contributed by atoms with van der Waals surface area (Å²) in [7, 11) is 3.51. The van der Waals surface area contributed by atoms with E-state index in [1.54, 1.807) is 25.2 Å². The van der Waals surface area contributed by atoms with Gasteiger partial charge in [0.2, 0.25) is 0 Å². The van der Waals surface area contributed by atoms with Gasteiger partial charge in [-0.1, -0.05) is 0 Å². The normalized spacial score (nSPS) is 13.8. The van der Waals surface area contributed by atoms with E-state index in [1.807, 2.05) is 24.0 Å². The molecule has 0 radical (unpaired) electrons. The molecule has 10 nitrogen and oxygen atoms in total. The van der Waals surface area contributed by atoms with Crippen LogP contribution in [0.3, 0.4) is 0 Å². The third-order valence-corrected chi connectivity index (χ3v) is 6.70. The van der Waals surface area contributed by atoms with Gasteiger partial charge in [-0.2, -0.15) is 5.10 Å². The maximum Gasteiger partial charge on any atom is 0.319 e. The third kappa shape index (κ3) is 4.86. The monoisotopic (exact) mass is 521 g/mol. The van der Waals surface area contributed by atoms with Crippen LogP contribution < -0.4 is 10.2 Å². The number of H-pyrrole nitrogens is 1. The number of hydrogen-bond acceptors (Lipinski definition) is 7. The minimum absolute atomic E-state index is 0.0379. The number of benzene rings is 1. The number of carbonyl (C=O) groups excluding carboxylic acids is 1. The number of hydrogen-bond donors (Lipinski definition) is 2. The van der Waals surface area contributed by atoms with Gasteiger partial charge in [0.1, 0.15) is 34.2 Å². The third-order valence-electron chi connectivity index (χ3n) is 6.70. The Labute approximate surface area is 218 Å². The van der Waals surface area contributed by atoms with Gasteiger partial charge in [0.25, 0.3) is 0 Å². The Morgan fingerprint density at radius 1 is 1.11 bits per heavy atom. The minimum atomic E-state index is -0.728. The number of aromatic amines is 1. The van der Waals surface area contributed by atoms with Crippen LogP contribution in [-0.4, -0.2) is 87.8 Å². The Bertz CT molecular complexity index is 1430. The number of anilines is 1. The predicted octanol–water partition coefficient (Wildman–Crippen LogP) is 3.27. The zero-order chi connectivity index (χ0) is 26.8. The smallest absolute Gasteiger partial charge is 0.319 e. The van der Waals surface area contributed by atoms with Gasteiger partial charge in [-0.25, -0.2) is 28.5 Å². The lowest BCUT2D eigenvalue weighted by atomic mass is 10.1. The molecular formula is C26H29F2N9O. The van der Waals surface area contributed by atoms with Gasteiger partial charge in [-0.3, -0.25) is 5.10 Å². The summed E-state index contributed by atoms with van der Waals surface area (Å²) in [5.74, 6) is -0.717. The molecule has 0 aliphatic carbocycles. The molecule has 4 aromatic rings. The lowest BCUT2D eigenvalue weighted by Gasteiger charge is -2.37.